The highest BCUT2D eigenvalue weighted by atomic mass is 32.2. The van der Waals surface area contributed by atoms with Gasteiger partial charge in [0.2, 0.25) is 0 Å². The number of nitrogens with zero attached hydrogens (tertiary/aromatic N) is 1. The van der Waals surface area contributed by atoms with Crippen molar-refractivity contribution >= 4 is 24.5 Å². The van der Waals surface area contributed by atoms with Crippen molar-refractivity contribution in [3.05, 3.63) is 23.8 Å². The molecule has 1 heterocycles. The van der Waals surface area contributed by atoms with Crippen LogP contribution in [0, 0.1) is 6.92 Å². The molecule has 0 unspecified atom stereocenters. The van der Waals surface area contributed by atoms with E-state index in [0.717, 1.165) is 37.3 Å². The smallest absolute Gasteiger partial charge is 0.410 e. The molecular weight excluding hydrogens is 235 g/mol. The Labute approximate surface area is 106 Å². The van der Waals surface area contributed by atoms with Crippen LogP contribution < -0.4 is 11.1 Å². The van der Waals surface area contributed by atoms with Crippen molar-refractivity contribution in [2.45, 2.75) is 11.8 Å². The van der Waals surface area contributed by atoms with Crippen LogP contribution >= 0.6 is 11.9 Å². The molecule has 4 nitrogen and oxygen atoms in total. The topological polar surface area (TPSA) is 58.7 Å². The summed E-state index contributed by atoms with van der Waals surface area (Å²) in [6, 6.07) is 5.95. The molecular formula is C11H17BN2O2S. The lowest BCUT2D eigenvalue weighted by Crippen LogP contribution is -2.41. The van der Waals surface area contributed by atoms with Crippen molar-refractivity contribution in [3.8, 4) is 0 Å². The first kappa shape index (κ1) is 12.9. The highest BCUT2D eigenvalue weighted by Gasteiger charge is 2.14. The Morgan fingerprint density at radius 3 is 2.71 bits per heavy atom. The van der Waals surface area contributed by atoms with Crippen LogP contribution in [0.3, 0.4) is 0 Å². The van der Waals surface area contributed by atoms with Crippen LogP contribution in [-0.4, -0.2) is 42.7 Å². The number of hydrogen-bond acceptors (Lipinski definition) is 5. The van der Waals surface area contributed by atoms with E-state index in [-0.39, 0.29) is 0 Å². The Kier molecular flexibility index (Phi) is 4.47. The summed E-state index contributed by atoms with van der Waals surface area (Å²) < 4.78 is 7.60. The molecule has 92 valence electrons. The van der Waals surface area contributed by atoms with E-state index in [1.165, 1.54) is 4.90 Å². The molecule has 0 aliphatic carbocycles. The molecule has 1 aromatic rings. The molecule has 1 aliphatic rings. The molecule has 2 rings (SSSR count). The molecule has 1 aromatic carbocycles. The number of rotatable bonds is 3. The van der Waals surface area contributed by atoms with Crippen molar-refractivity contribution < 1.29 is 9.76 Å². The summed E-state index contributed by atoms with van der Waals surface area (Å²) in [6.07, 6.45) is 0. The van der Waals surface area contributed by atoms with Crippen LogP contribution in [0.5, 0.6) is 0 Å². The lowest BCUT2D eigenvalue weighted by molar-refractivity contribution is 0.0773. The fraction of sp³-hybridized carbons (Fsp3) is 0.455. The van der Waals surface area contributed by atoms with Gasteiger partial charge < -0.3 is 15.4 Å². The minimum atomic E-state index is -0.891. The Morgan fingerprint density at radius 2 is 2.12 bits per heavy atom. The minimum absolute atomic E-state index is 0.788. The van der Waals surface area contributed by atoms with Gasteiger partial charge in [-0.05, 0) is 36.5 Å². The number of nitrogens with two attached hydrogens (primary N) is 1. The predicted octanol–water partition coefficient (Wildman–Crippen LogP) is -0.0195. The lowest BCUT2D eigenvalue weighted by atomic mass is 9.73. The second-order valence-electron chi connectivity index (χ2n) is 4.10. The molecule has 17 heavy (non-hydrogen) atoms. The van der Waals surface area contributed by atoms with Gasteiger partial charge in [-0.25, -0.2) is 4.31 Å². The quantitative estimate of drug-likeness (QED) is 0.585. The zero-order chi connectivity index (χ0) is 12.3. The molecule has 0 spiro atoms. The van der Waals surface area contributed by atoms with Gasteiger partial charge >= 0.3 is 7.05 Å². The SMILES string of the molecule is Cc1cc(SN2CCOCC2)ccc1B(N)O. The van der Waals surface area contributed by atoms with E-state index in [4.69, 9.17) is 10.4 Å². The summed E-state index contributed by atoms with van der Waals surface area (Å²) in [6.45, 7) is 5.46. The standard InChI is InChI=1S/C11H17BN2O2S/c1-9-8-10(2-3-11(9)12(13)15)17-14-4-6-16-7-5-14/h2-3,8,15H,4-7,13H2,1H3. The highest BCUT2D eigenvalue weighted by Crippen LogP contribution is 2.23. The van der Waals surface area contributed by atoms with E-state index in [0.29, 0.717) is 0 Å². The maximum Gasteiger partial charge on any atom is 0.410 e. The number of benzene rings is 1. The van der Waals surface area contributed by atoms with Crippen molar-refractivity contribution in [2.75, 3.05) is 26.3 Å². The minimum Gasteiger partial charge on any atom is -0.434 e. The highest BCUT2D eigenvalue weighted by molar-refractivity contribution is 7.97. The fourth-order valence-corrected chi connectivity index (χ4v) is 2.81. The van der Waals surface area contributed by atoms with Crippen molar-refractivity contribution in [3.63, 3.8) is 0 Å². The van der Waals surface area contributed by atoms with E-state index in [1.807, 2.05) is 19.1 Å². The Morgan fingerprint density at radius 1 is 1.41 bits per heavy atom. The molecule has 6 heteroatoms. The van der Waals surface area contributed by atoms with Crippen molar-refractivity contribution in [1.29, 1.82) is 0 Å². The number of aryl methyl sites for hydroxylation is 1. The van der Waals surface area contributed by atoms with Crippen molar-refractivity contribution in [1.82, 2.24) is 4.31 Å². The van der Waals surface area contributed by atoms with Gasteiger partial charge in [0, 0.05) is 18.0 Å². The first-order valence-electron chi connectivity index (χ1n) is 5.71. The van der Waals surface area contributed by atoms with E-state index >= 15 is 0 Å². The second-order valence-corrected chi connectivity index (χ2v) is 5.27. The number of ether oxygens (including phenoxy) is 1. The van der Waals surface area contributed by atoms with E-state index in [9.17, 15) is 5.02 Å². The van der Waals surface area contributed by atoms with Crippen LogP contribution in [0.15, 0.2) is 23.1 Å². The first-order valence-corrected chi connectivity index (χ1v) is 6.49. The van der Waals surface area contributed by atoms with Gasteiger partial charge in [-0.2, -0.15) is 0 Å². The lowest BCUT2D eigenvalue weighted by Gasteiger charge is -2.25. The van der Waals surface area contributed by atoms with E-state index in [2.05, 4.69) is 10.4 Å². The number of hydrogen-bond donors (Lipinski definition) is 2. The summed E-state index contributed by atoms with van der Waals surface area (Å²) in [5, 5.41) is 9.36. The molecule has 0 bridgehead atoms. The number of morpholine rings is 1. The van der Waals surface area contributed by atoms with Gasteiger partial charge in [0.25, 0.3) is 0 Å². The monoisotopic (exact) mass is 252 g/mol. The third-order valence-corrected chi connectivity index (χ3v) is 3.85. The molecule has 0 atom stereocenters. The first-order chi connectivity index (χ1) is 8.16. The predicted molar refractivity (Wildman–Crippen MR) is 71.2 cm³/mol. The van der Waals surface area contributed by atoms with Gasteiger partial charge in [-0.15, -0.1) is 0 Å². The van der Waals surface area contributed by atoms with Crippen LogP contribution in [0.4, 0.5) is 0 Å². The van der Waals surface area contributed by atoms with Crippen LogP contribution in [0.2, 0.25) is 0 Å². The molecule has 1 saturated heterocycles. The van der Waals surface area contributed by atoms with E-state index in [1.54, 1.807) is 11.9 Å². The Hall–Kier alpha value is -0.525. The van der Waals surface area contributed by atoms with Crippen LogP contribution in [-0.2, 0) is 4.74 Å². The van der Waals surface area contributed by atoms with E-state index < -0.39 is 7.05 Å². The zero-order valence-corrected chi connectivity index (χ0v) is 10.7. The molecule has 0 amide bonds. The van der Waals surface area contributed by atoms with Crippen molar-refractivity contribution in [2.24, 2.45) is 5.64 Å². The largest absolute Gasteiger partial charge is 0.434 e. The molecule has 0 saturated carbocycles. The second kappa shape index (κ2) is 5.88. The normalized spacial score (nSPS) is 17.1. The summed E-state index contributed by atoms with van der Waals surface area (Å²) in [7, 11) is -0.891. The third kappa shape index (κ3) is 3.47. The van der Waals surface area contributed by atoms with Gasteiger partial charge in [-0.3, -0.25) is 0 Å². The maximum absolute atomic E-state index is 9.36. The molecule has 1 fully saturated rings. The summed E-state index contributed by atoms with van der Waals surface area (Å²) in [5.74, 6) is 0. The molecule has 0 radical (unpaired) electrons. The summed E-state index contributed by atoms with van der Waals surface area (Å²) in [4.78, 5) is 1.17. The van der Waals surface area contributed by atoms with Crippen LogP contribution in [0.25, 0.3) is 0 Å². The average molecular weight is 252 g/mol. The van der Waals surface area contributed by atoms with Gasteiger partial charge in [-0.1, -0.05) is 11.6 Å². The third-order valence-electron chi connectivity index (χ3n) is 2.76. The van der Waals surface area contributed by atoms with Crippen LogP contribution in [0.1, 0.15) is 5.56 Å². The molecule has 0 aromatic heterocycles. The summed E-state index contributed by atoms with van der Waals surface area (Å²) in [5.41, 5.74) is 7.29. The maximum atomic E-state index is 9.36. The average Bonchev–Trinajstić information content (AvgIpc) is 2.30. The summed E-state index contributed by atoms with van der Waals surface area (Å²) >= 11 is 1.73. The fourth-order valence-electron chi connectivity index (χ4n) is 1.82. The Bertz CT molecular complexity index is 384. The Balaban J connectivity index is 2.04. The van der Waals surface area contributed by atoms with Gasteiger partial charge in [0.15, 0.2) is 0 Å². The zero-order valence-electron chi connectivity index (χ0n) is 9.93. The van der Waals surface area contributed by atoms with Gasteiger partial charge in [0.05, 0.1) is 13.2 Å². The van der Waals surface area contributed by atoms with Gasteiger partial charge in [0.1, 0.15) is 0 Å². The molecule has 3 N–H and O–H groups in total. The molecule has 1 aliphatic heterocycles.